The number of carbonyl (C=O) groups is 6. The number of hydrogen-bond donors (Lipinski definition) is 9. The number of primary amides is 1. The fourth-order valence-corrected chi connectivity index (χ4v) is 3.26. The molecule has 0 saturated heterocycles. The molecule has 0 aromatic rings. The predicted octanol–water partition coefficient (Wildman–Crippen LogP) is -2.92. The highest BCUT2D eigenvalue weighted by Crippen LogP contribution is 2.09. The zero-order valence-electron chi connectivity index (χ0n) is 21.6. The molecule has 0 aromatic heterocycles. The Labute approximate surface area is 220 Å². The second kappa shape index (κ2) is 17.5. The van der Waals surface area contributed by atoms with E-state index in [-0.39, 0.29) is 44.1 Å². The average Bonchev–Trinajstić information content (AvgIpc) is 2.80. The molecule has 0 aliphatic carbocycles. The smallest absolute Gasteiger partial charge is 0.326 e. The van der Waals surface area contributed by atoms with Gasteiger partial charge >= 0.3 is 11.9 Å². The van der Waals surface area contributed by atoms with E-state index >= 15 is 0 Å². The first kappa shape index (κ1) is 34.0. The Balaban J connectivity index is 5.51. The van der Waals surface area contributed by atoms with Gasteiger partial charge in [0.15, 0.2) is 5.96 Å². The highest BCUT2D eigenvalue weighted by molar-refractivity contribution is 5.94. The lowest BCUT2D eigenvalue weighted by atomic mass is 10.0. The maximum absolute atomic E-state index is 13.1. The van der Waals surface area contributed by atoms with Gasteiger partial charge in [-0.25, -0.2) is 4.79 Å². The molecule has 16 heteroatoms. The van der Waals surface area contributed by atoms with Crippen molar-refractivity contribution in [3.8, 4) is 0 Å². The van der Waals surface area contributed by atoms with Crippen molar-refractivity contribution in [3.63, 3.8) is 0 Å². The third kappa shape index (κ3) is 15.2. The Morgan fingerprint density at radius 1 is 0.763 bits per heavy atom. The van der Waals surface area contributed by atoms with Crippen molar-refractivity contribution >= 4 is 41.5 Å². The van der Waals surface area contributed by atoms with E-state index < -0.39 is 72.6 Å². The fourth-order valence-electron chi connectivity index (χ4n) is 3.26. The molecule has 0 heterocycles. The molecule has 4 atom stereocenters. The monoisotopic (exact) mass is 544 g/mol. The number of aliphatic imine (C=N–C) groups is 1. The van der Waals surface area contributed by atoms with Crippen LogP contribution in [0.2, 0.25) is 0 Å². The Morgan fingerprint density at radius 2 is 1.29 bits per heavy atom. The van der Waals surface area contributed by atoms with Crippen molar-refractivity contribution in [1.82, 2.24) is 16.0 Å². The molecule has 0 saturated carbocycles. The van der Waals surface area contributed by atoms with Crippen molar-refractivity contribution in [3.05, 3.63) is 0 Å². The van der Waals surface area contributed by atoms with Gasteiger partial charge in [0.25, 0.3) is 0 Å². The second-order valence-electron chi connectivity index (χ2n) is 9.14. The van der Waals surface area contributed by atoms with E-state index in [1.54, 1.807) is 13.8 Å². The molecule has 0 radical (unpaired) electrons. The van der Waals surface area contributed by atoms with Gasteiger partial charge in [0.1, 0.15) is 18.1 Å². The number of nitrogens with zero attached hydrogens (tertiary/aromatic N) is 1. The quantitative estimate of drug-likeness (QED) is 0.0450. The molecule has 0 bridgehead atoms. The number of rotatable bonds is 19. The van der Waals surface area contributed by atoms with Crippen LogP contribution in [-0.2, 0) is 28.8 Å². The molecule has 0 aliphatic rings. The molecule has 0 rings (SSSR count). The van der Waals surface area contributed by atoms with E-state index in [4.69, 9.17) is 28.0 Å². The van der Waals surface area contributed by atoms with Gasteiger partial charge in [-0.3, -0.25) is 29.0 Å². The topological polar surface area (TPSA) is 295 Å². The minimum atomic E-state index is -1.55. The third-order valence-corrected chi connectivity index (χ3v) is 5.22. The molecule has 216 valence electrons. The molecule has 0 aliphatic heterocycles. The van der Waals surface area contributed by atoms with Crippen LogP contribution < -0.4 is 38.9 Å². The van der Waals surface area contributed by atoms with E-state index in [0.29, 0.717) is 6.42 Å². The molecule has 38 heavy (non-hydrogen) atoms. The number of carboxylic acid groups (broad SMARTS) is 2. The summed E-state index contributed by atoms with van der Waals surface area (Å²) in [6, 6.07) is -5.00. The van der Waals surface area contributed by atoms with E-state index in [1.807, 2.05) is 0 Å². The summed E-state index contributed by atoms with van der Waals surface area (Å²) in [7, 11) is 0. The predicted molar refractivity (Wildman–Crippen MR) is 136 cm³/mol. The van der Waals surface area contributed by atoms with E-state index in [2.05, 4.69) is 20.9 Å². The average molecular weight is 545 g/mol. The van der Waals surface area contributed by atoms with E-state index in [1.165, 1.54) is 0 Å². The lowest BCUT2D eigenvalue weighted by Crippen LogP contribution is -2.57. The second-order valence-corrected chi connectivity index (χ2v) is 9.14. The van der Waals surface area contributed by atoms with Gasteiger partial charge in [-0.2, -0.15) is 0 Å². The lowest BCUT2D eigenvalue weighted by molar-refractivity contribution is -0.143. The summed E-state index contributed by atoms with van der Waals surface area (Å²) in [5, 5.41) is 25.3. The fraction of sp³-hybridized carbons (Fsp3) is 0.682. The molecule has 0 aromatic carbocycles. The van der Waals surface area contributed by atoms with Gasteiger partial charge in [-0.15, -0.1) is 0 Å². The first-order chi connectivity index (χ1) is 17.6. The number of carboxylic acids is 2. The summed E-state index contributed by atoms with van der Waals surface area (Å²) in [5.41, 5.74) is 21.6. The number of guanidine groups is 1. The van der Waals surface area contributed by atoms with E-state index in [0.717, 1.165) is 0 Å². The van der Waals surface area contributed by atoms with Crippen LogP contribution in [-0.4, -0.2) is 82.5 Å². The first-order valence-electron chi connectivity index (χ1n) is 12.1. The number of amides is 4. The maximum atomic E-state index is 13.1. The molecule has 13 N–H and O–H groups in total. The van der Waals surface area contributed by atoms with Crippen molar-refractivity contribution in [2.75, 3.05) is 6.54 Å². The summed E-state index contributed by atoms with van der Waals surface area (Å²) in [6.45, 7) is 3.87. The summed E-state index contributed by atoms with van der Waals surface area (Å²) in [6.07, 6.45) is -0.675. The molecular formula is C22H40N8O8. The van der Waals surface area contributed by atoms with Crippen molar-refractivity contribution in [2.24, 2.45) is 33.8 Å². The number of aliphatic carboxylic acids is 2. The molecule has 0 spiro atoms. The largest absolute Gasteiger partial charge is 0.481 e. The third-order valence-electron chi connectivity index (χ3n) is 5.22. The Kier molecular flexibility index (Phi) is 15.7. The van der Waals surface area contributed by atoms with Crippen LogP contribution in [0.3, 0.4) is 0 Å². The van der Waals surface area contributed by atoms with Gasteiger partial charge in [0.05, 0.1) is 6.04 Å². The lowest BCUT2D eigenvalue weighted by Gasteiger charge is -2.26. The van der Waals surface area contributed by atoms with Crippen LogP contribution >= 0.6 is 0 Å². The highest BCUT2D eigenvalue weighted by atomic mass is 16.4. The zero-order valence-corrected chi connectivity index (χ0v) is 21.6. The molecule has 16 nitrogen and oxygen atoms in total. The number of nitrogens with one attached hydrogen (secondary N) is 3. The number of carbonyl (C=O) groups excluding carboxylic acids is 4. The number of hydrogen-bond acceptors (Lipinski definition) is 8. The first-order valence-corrected chi connectivity index (χ1v) is 12.1. The van der Waals surface area contributed by atoms with Gasteiger partial charge in [0.2, 0.25) is 23.6 Å². The highest BCUT2D eigenvalue weighted by Gasteiger charge is 2.31. The standard InChI is InChI=1S/C22H40N8O8/c1-11(2)10-15(30-18(34)12(23)4-3-9-27-22(25)26)20(36)28-13(5-7-16(24)31)19(35)29-14(21(37)38)6-8-17(32)33/h11-15H,3-10,23H2,1-2H3,(H2,24,31)(H,28,36)(H,29,35)(H,30,34)(H,32,33)(H,37,38)(H4,25,26,27). The summed E-state index contributed by atoms with van der Waals surface area (Å²) < 4.78 is 0. The van der Waals surface area contributed by atoms with Crippen LogP contribution in [0.25, 0.3) is 0 Å². The van der Waals surface area contributed by atoms with Crippen molar-refractivity contribution in [1.29, 1.82) is 0 Å². The Hall–Kier alpha value is -3.95. The van der Waals surface area contributed by atoms with Crippen LogP contribution in [0.5, 0.6) is 0 Å². The normalized spacial score (nSPS) is 13.9. The van der Waals surface area contributed by atoms with Gasteiger partial charge in [-0.05, 0) is 38.0 Å². The van der Waals surface area contributed by atoms with Gasteiger partial charge in [-0.1, -0.05) is 13.8 Å². The van der Waals surface area contributed by atoms with Gasteiger partial charge in [0, 0.05) is 19.4 Å². The summed E-state index contributed by atoms with van der Waals surface area (Å²) in [4.78, 5) is 75.8. The van der Waals surface area contributed by atoms with Crippen molar-refractivity contribution < 1.29 is 39.0 Å². The Morgan fingerprint density at radius 3 is 1.79 bits per heavy atom. The molecule has 4 unspecified atom stereocenters. The Bertz CT molecular complexity index is 875. The molecule has 0 fully saturated rings. The number of nitrogens with two attached hydrogens (primary N) is 4. The van der Waals surface area contributed by atoms with E-state index in [9.17, 15) is 33.9 Å². The SMILES string of the molecule is CC(C)CC(NC(=O)C(N)CCCN=C(N)N)C(=O)NC(CCC(N)=O)C(=O)NC(CCC(=O)O)C(=O)O. The van der Waals surface area contributed by atoms with Crippen LogP contribution in [0.1, 0.15) is 58.8 Å². The van der Waals surface area contributed by atoms with Gasteiger partial charge < -0.3 is 49.1 Å². The van der Waals surface area contributed by atoms with Crippen LogP contribution in [0.4, 0.5) is 0 Å². The minimum absolute atomic E-state index is 0.0607. The summed E-state index contributed by atoms with van der Waals surface area (Å²) >= 11 is 0. The summed E-state index contributed by atoms with van der Waals surface area (Å²) in [5.74, 6) is -5.99. The zero-order chi connectivity index (χ0) is 29.4. The van der Waals surface area contributed by atoms with Crippen LogP contribution in [0.15, 0.2) is 4.99 Å². The van der Waals surface area contributed by atoms with Crippen molar-refractivity contribution in [2.45, 2.75) is 83.0 Å². The maximum Gasteiger partial charge on any atom is 0.326 e. The molecule has 4 amide bonds. The van der Waals surface area contributed by atoms with Crippen LogP contribution in [0, 0.1) is 5.92 Å². The molecular weight excluding hydrogens is 504 g/mol. The minimum Gasteiger partial charge on any atom is -0.481 e.